The van der Waals surface area contributed by atoms with Crippen molar-refractivity contribution >= 4 is 13.8 Å². The third kappa shape index (κ3) is 5.42. The van der Waals surface area contributed by atoms with Gasteiger partial charge in [0.25, 0.3) is 0 Å². The second-order valence-corrected chi connectivity index (χ2v) is 6.98. The Morgan fingerprint density at radius 3 is 2.33 bits per heavy atom. The molecule has 0 aromatic rings. The van der Waals surface area contributed by atoms with Gasteiger partial charge < -0.3 is 19.3 Å². The van der Waals surface area contributed by atoms with Crippen molar-refractivity contribution < 1.29 is 19.3 Å². The number of hydrogen-bond donors (Lipinski definition) is 1. The van der Waals surface area contributed by atoms with Gasteiger partial charge in [-0.15, -0.1) is 0 Å². The van der Waals surface area contributed by atoms with Gasteiger partial charge in [-0.1, -0.05) is 23.7 Å². The maximum atomic E-state index is 10.9. The van der Waals surface area contributed by atoms with E-state index in [1.54, 1.807) is 35.2 Å². The first-order valence-electron chi connectivity index (χ1n) is 7.23. The highest BCUT2D eigenvalue weighted by atomic mass is 16.5. The van der Waals surface area contributed by atoms with E-state index in [0.29, 0.717) is 6.42 Å². The molecule has 0 amide bonds. The molecule has 1 atom stereocenters. The van der Waals surface area contributed by atoms with Crippen molar-refractivity contribution in [1.82, 2.24) is 0 Å². The number of aliphatic hydroxyl groups is 1. The van der Waals surface area contributed by atoms with Crippen LogP contribution in [-0.4, -0.2) is 41.8 Å². The Kier molecular flexibility index (Phi) is 5.59. The van der Waals surface area contributed by atoms with E-state index in [2.05, 4.69) is 0 Å². The first-order chi connectivity index (χ1) is 9.47. The van der Waals surface area contributed by atoms with Crippen molar-refractivity contribution in [2.24, 2.45) is 0 Å². The van der Waals surface area contributed by atoms with Crippen LogP contribution in [0.5, 0.6) is 0 Å². The molecule has 0 aromatic carbocycles. The van der Waals surface area contributed by atoms with Gasteiger partial charge >= 0.3 is 7.48 Å². The molecular weight excluding hydrogens is 267 g/mol. The molecule has 0 aromatic heterocycles. The summed E-state index contributed by atoms with van der Waals surface area (Å²) in [4.78, 5) is 10.9. The van der Waals surface area contributed by atoms with E-state index in [1.165, 1.54) is 0 Å². The SMILES string of the molecule is CC(C)(C=O)OC1C=CC([B]OC(C)(C)C(C)(C)O)=CC1. The quantitative estimate of drug-likeness (QED) is 0.578. The first-order valence-corrected chi connectivity index (χ1v) is 7.23. The summed E-state index contributed by atoms with van der Waals surface area (Å²) in [5.41, 5.74) is -1.48. The Bertz CT molecular complexity index is 430. The number of rotatable bonds is 7. The molecule has 1 rings (SSSR count). The summed E-state index contributed by atoms with van der Waals surface area (Å²) in [6.45, 7) is 10.6. The van der Waals surface area contributed by atoms with Crippen LogP contribution in [0.3, 0.4) is 0 Å². The fourth-order valence-electron chi connectivity index (χ4n) is 1.57. The molecule has 21 heavy (non-hydrogen) atoms. The van der Waals surface area contributed by atoms with E-state index in [4.69, 9.17) is 9.39 Å². The van der Waals surface area contributed by atoms with Crippen LogP contribution >= 0.6 is 0 Å². The van der Waals surface area contributed by atoms with E-state index in [-0.39, 0.29) is 6.10 Å². The number of carbonyl (C=O) groups is 1. The van der Waals surface area contributed by atoms with Crippen molar-refractivity contribution in [2.75, 3.05) is 0 Å². The summed E-state index contributed by atoms with van der Waals surface area (Å²) < 4.78 is 11.4. The molecule has 0 saturated heterocycles. The predicted molar refractivity (Wildman–Crippen MR) is 84.1 cm³/mol. The minimum atomic E-state index is -0.942. The lowest BCUT2D eigenvalue weighted by Crippen LogP contribution is -2.48. The Morgan fingerprint density at radius 2 is 1.90 bits per heavy atom. The molecule has 0 heterocycles. The molecule has 117 valence electrons. The summed E-state index contributed by atoms with van der Waals surface area (Å²) in [6.07, 6.45) is 7.19. The molecule has 0 saturated carbocycles. The lowest BCUT2D eigenvalue weighted by molar-refractivity contribution is -0.130. The van der Waals surface area contributed by atoms with Crippen molar-refractivity contribution in [3.05, 3.63) is 23.7 Å². The van der Waals surface area contributed by atoms with Crippen LogP contribution in [0, 0.1) is 0 Å². The zero-order valence-corrected chi connectivity index (χ0v) is 13.8. The highest BCUT2D eigenvalue weighted by molar-refractivity contribution is 6.39. The van der Waals surface area contributed by atoms with Crippen LogP contribution in [0.15, 0.2) is 23.7 Å². The molecule has 1 aliphatic carbocycles. The van der Waals surface area contributed by atoms with Crippen molar-refractivity contribution in [2.45, 2.75) is 70.9 Å². The van der Waals surface area contributed by atoms with Crippen LogP contribution in [0.25, 0.3) is 0 Å². The molecular formula is C16H26BO4. The van der Waals surface area contributed by atoms with Gasteiger partial charge in [0, 0.05) is 0 Å². The number of ether oxygens (including phenoxy) is 1. The lowest BCUT2D eigenvalue weighted by atomic mass is 9.80. The molecule has 1 unspecified atom stereocenters. The number of carbonyl (C=O) groups excluding carboxylic acids is 1. The largest absolute Gasteiger partial charge is 0.427 e. The Hall–Kier alpha value is -0.905. The Labute approximate surface area is 128 Å². The number of hydrogen-bond acceptors (Lipinski definition) is 4. The number of aldehydes is 1. The van der Waals surface area contributed by atoms with Gasteiger partial charge in [-0.25, -0.2) is 0 Å². The summed E-state index contributed by atoms with van der Waals surface area (Å²) in [7, 11) is 1.65. The molecule has 0 bridgehead atoms. The summed E-state index contributed by atoms with van der Waals surface area (Å²) in [5, 5.41) is 10.0. The zero-order chi connectivity index (χ0) is 16.3. The van der Waals surface area contributed by atoms with Gasteiger partial charge in [0.2, 0.25) is 0 Å². The van der Waals surface area contributed by atoms with Crippen LogP contribution in [0.1, 0.15) is 48.0 Å². The topological polar surface area (TPSA) is 55.8 Å². The molecule has 0 aliphatic heterocycles. The molecule has 0 fully saturated rings. The van der Waals surface area contributed by atoms with Crippen LogP contribution in [0.2, 0.25) is 0 Å². The van der Waals surface area contributed by atoms with Crippen molar-refractivity contribution in [3.63, 3.8) is 0 Å². The Balaban J connectivity index is 2.51. The van der Waals surface area contributed by atoms with Gasteiger partial charge in [-0.2, -0.15) is 0 Å². The molecule has 4 nitrogen and oxygen atoms in total. The van der Waals surface area contributed by atoms with E-state index in [1.807, 2.05) is 32.1 Å². The van der Waals surface area contributed by atoms with Crippen molar-refractivity contribution in [1.29, 1.82) is 0 Å². The third-order valence-electron chi connectivity index (χ3n) is 3.79. The third-order valence-corrected chi connectivity index (χ3v) is 3.79. The second kappa shape index (κ2) is 6.47. The fraction of sp³-hybridized carbons (Fsp3) is 0.688. The van der Waals surface area contributed by atoms with Crippen LogP contribution < -0.4 is 0 Å². The molecule has 1 radical (unpaired) electrons. The van der Waals surface area contributed by atoms with E-state index in [0.717, 1.165) is 11.8 Å². The smallest absolute Gasteiger partial charge is 0.330 e. The standard InChI is InChI=1S/C16H26BO4/c1-14(2,11-18)20-13-9-7-12(8-10-13)17-21-16(5,6)15(3,4)19/h7-9,11,13,19H,10H2,1-6H3. The van der Waals surface area contributed by atoms with Crippen LogP contribution in [-0.2, 0) is 14.2 Å². The minimum absolute atomic E-state index is 0.107. The van der Waals surface area contributed by atoms with Crippen molar-refractivity contribution in [3.8, 4) is 0 Å². The summed E-state index contributed by atoms with van der Waals surface area (Å²) in [6, 6.07) is 0. The lowest BCUT2D eigenvalue weighted by Gasteiger charge is -2.37. The normalized spacial score (nSPS) is 20.1. The Morgan fingerprint density at radius 1 is 1.29 bits per heavy atom. The summed E-state index contributed by atoms with van der Waals surface area (Å²) in [5.74, 6) is 0. The average Bonchev–Trinajstić information content (AvgIpc) is 2.36. The molecule has 5 heteroatoms. The second-order valence-electron chi connectivity index (χ2n) is 6.98. The highest BCUT2D eigenvalue weighted by Gasteiger charge is 2.35. The minimum Gasteiger partial charge on any atom is -0.427 e. The maximum absolute atomic E-state index is 10.9. The zero-order valence-electron chi connectivity index (χ0n) is 13.8. The molecule has 0 spiro atoms. The van der Waals surface area contributed by atoms with Gasteiger partial charge in [0.15, 0.2) is 6.29 Å². The number of allylic oxidation sites excluding steroid dienone is 2. The molecule has 1 N–H and O–H groups in total. The highest BCUT2D eigenvalue weighted by Crippen LogP contribution is 2.26. The van der Waals surface area contributed by atoms with Gasteiger partial charge in [-0.05, 0) is 48.0 Å². The van der Waals surface area contributed by atoms with E-state index in [9.17, 15) is 9.90 Å². The van der Waals surface area contributed by atoms with Gasteiger partial charge in [0.05, 0.1) is 17.3 Å². The van der Waals surface area contributed by atoms with Gasteiger partial charge in [0.1, 0.15) is 5.60 Å². The van der Waals surface area contributed by atoms with E-state index >= 15 is 0 Å². The van der Waals surface area contributed by atoms with Crippen LogP contribution in [0.4, 0.5) is 0 Å². The monoisotopic (exact) mass is 293 g/mol. The fourth-order valence-corrected chi connectivity index (χ4v) is 1.57. The van der Waals surface area contributed by atoms with Gasteiger partial charge in [-0.3, -0.25) is 0 Å². The summed E-state index contributed by atoms with van der Waals surface area (Å²) >= 11 is 0. The maximum Gasteiger partial charge on any atom is 0.330 e. The predicted octanol–water partition coefficient (Wildman–Crippen LogP) is 2.38. The van der Waals surface area contributed by atoms with E-state index < -0.39 is 16.8 Å². The molecule has 1 aliphatic rings. The average molecular weight is 293 g/mol. The first kappa shape index (κ1) is 18.1.